The lowest BCUT2D eigenvalue weighted by Gasteiger charge is -2.20. The van der Waals surface area contributed by atoms with Crippen molar-refractivity contribution in [1.29, 1.82) is 0 Å². The summed E-state index contributed by atoms with van der Waals surface area (Å²) in [5, 5.41) is 5.19. The summed E-state index contributed by atoms with van der Waals surface area (Å²) in [6, 6.07) is -0.522. The molecule has 6 heteroatoms. The Labute approximate surface area is 109 Å². The third-order valence-electron chi connectivity index (χ3n) is 2.11. The lowest BCUT2D eigenvalue weighted by Crippen LogP contribution is -2.46. The maximum Gasteiger partial charge on any atom is 0.407 e. The van der Waals surface area contributed by atoms with Gasteiger partial charge in [-0.25, -0.2) is 4.79 Å². The average Bonchev–Trinajstić information content (AvgIpc) is 2.20. The minimum absolute atomic E-state index is 0.0869. The summed E-state index contributed by atoms with van der Waals surface area (Å²) in [6.07, 6.45) is -0.495. The van der Waals surface area contributed by atoms with Crippen LogP contribution in [0.15, 0.2) is 0 Å². The van der Waals surface area contributed by atoms with Crippen LogP contribution in [0.1, 0.15) is 34.6 Å². The van der Waals surface area contributed by atoms with E-state index in [1.807, 2.05) is 13.8 Å². The Bertz CT molecular complexity index is 285. The Balaban J connectivity index is 3.75. The van der Waals surface area contributed by atoms with Crippen molar-refractivity contribution in [3.63, 3.8) is 0 Å². The number of alkyl carbamates (subject to hydrolysis) is 1. The lowest BCUT2D eigenvalue weighted by molar-refractivity contribution is -0.123. The predicted molar refractivity (Wildman–Crippen MR) is 70.1 cm³/mol. The van der Waals surface area contributed by atoms with Crippen LogP contribution >= 0.6 is 0 Å². The fourth-order valence-corrected chi connectivity index (χ4v) is 1.09. The second kappa shape index (κ2) is 7.20. The van der Waals surface area contributed by atoms with Crippen molar-refractivity contribution < 1.29 is 14.3 Å². The number of amides is 2. The molecule has 2 amide bonds. The summed E-state index contributed by atoms with van der Waals surface area (Å²) < 4.78 is 5.04. The molecule has 1 atom stereocenters. The van der Waals surface area contributed by atoms with E-state index in [2.05, 4.69) is 10.6 Å². The first kappa shape index (κ1) is 16.7. The molecule has 0 rings (SSSR count). The highest BCUT2D eigenvalue weighted by atomic mass is 16.6. The van der Waals surface area contributed by atoms with Gasteiger partial charge in [-0.2, -0.15) is 0 Å². The minimum Gasteiger partial charge on any atom is -0.444 e. The quantitative estimate of drug-likeness (QED) is 0.631. The molecule has 6 nitrogen and oxygen atoms in total. The summed E-state index contributed by atoms with van der Waals surface area (Å²) in [5.41, 5.74) is 5.14. The maximum absolute atomic E-state index is 11.5. The normalized spacial score (nSPS) is 13.1. The summed E-state index contributed by atoms with van der Waals surface area (Å²) in [4.78, 5) is 22.8. The Morgan fingerprint density at radius 2 is 1.67 bits per heavy atom. The van der Waals surface area contributed by atoms with E-state index in [1.165, 1.54) is 0 Å². The van der Waals surface area contributed by atoms with E-state index in [0.717, 1.165) is 0 Å². The number of hydrogen-bond donors (Lipinski definition) is 3. The fraction of sp³-hybridized carbons (Fsp3) is 0.833. The molecule has 106 valence electrons. The molecule has 0 spiro atoms. The van der Waals surface area contributed by atoms with Crippen molar-refractivity contribution in [1.82, 2.24) is 10.6 Å². The van der Waals surface area contributed by atoms with Crippen LogP contribution < -0.4 is 16.4 Å². The Kier molecular flexibility index (Phi) is 6.68. The van der Waals surface area contributed by atoms with Gasteiger partial charge >= 0.3 is 6.09 Å². The van der Waals surface area contributed by atoms with Crippen LogP contribution in [0.2, 0.25) is 0 Å². The van der Waals surface area contributed by atoms with Crippen LogP contribution in [-0.4, -0.2) is 36.7 Å². The van der Waals surface area contributed by atoms with Gasteiger partial charge in [-0.05, 0) is 26.7 Å². The standard InChI is InChI=1S/C12H25N3O3/c1-8(2)9(13)10(16)14-6-7-15-11(17)18-12(3,4)5/h8-9H,6-7,13H2,1-5H3,(H,14,16)(H,15,17)/t9-/m1/s1. The van der Waals surface area contributed by atoms with Crippen molar-refractivity contribution in [2.75, 3.05) is 13.1 Å². The van der Waals surface area contributed by atoms with Crippen LogP contribution in [0.5, 0.6) is 0 Å². The summed E-state index contributed by atoms with van der Waals surface area (Å²) in [5.74, 6) is -0.125. The van der Waals surface area contributed by atoms with Gasteiger partial charge in [0.15, 0.2) is 0 Å². The molecule has 0 unspecified atom stereocenters. The van der Waals surface area contributed by atoms with Crippen molar-refractivity contribution in [3.8, 4) is 0 Å². The molecule has 18 heavy (non-hydrogen) atoms. The first-order valence-electron chi connectivity index (χ1n) is 6.13. The smallest absolute Gasteiger partial charge is 0.407 e. The fourth-order valence-electron chi connectivity index (χ4n) is 1.09. The van der Waals surface area contributed by atoms with Crippen molar-refractivity contribution in [2.24, 2.45) is 11.7 Å². The molecule has 0 fully saturated rings. The van der Waals surface area contributed by atoms with Gasteiger partial charge in [0.1, 0.15) is 5.60 Å². The van der Waals surface area contributed by atoms with Crippen LogP contribution in [-0.2, 0) is 9.53 Å². The molecular formula is C12H25N3O3. The average molecular weight is 259 g/mol. The van der Waals surface area contributed by atoms with Gasteiger partial charge in [-0.3, -0.25) is 4.79 Å². The van der Waals surface area contributed by atoms with Gasteiger partial charge in [-0.1, -0.05) is 13.8 Å². The molecule has 0 aliphatic heterocycles. The largest absolute Gasteiger partial charge is 0.444 e. The van der Waals surface area contributed by atoms with Gasteiger partial charge in [0.25, 0.3) is 0 Å². The molecule has 0 aromatic rings. The summed E-state index contributed by atoms with van der Waals surface area (Å²) in [6.45, 7) is 9.76. The number of nitrogens with one attached hydrogen (secondary N) is 2. The topological polar surface area (TPSA) is 93.5 Å². The maximum atomic E-state index is 11.5. The van der Waals surface area contributed by atoms with Crippen LogP contribution in [0.4, 0.5) is 4.79 Å². The van der Waals surface area contributed by atoms with Crippen LogP contribution in [0.25, 0.3) is 0 Å². The Morgan fingerprint density at radius 1 is 1.17 bits per heavy atom. The Morgan fingerprint density at radius 3 is 2.11 bits per heavy atom. The zero-order valence-electron chi connectivity index (χ0n) is 11.9. The molecule has 0 aromatic heterocycles. The first-order chi connectivity index (χ1) is 8.13. The van der Waals surface area contributed by atoms with Crippen molar-refractivity contribution in [3.05, 3.63) is 0 Å². The van der Waals surface area contributed by atoms with Crippen LogP contribution in [0.3, 0.4) is 0 Å². The van der Waals surface area contributed by atoms with Gasteiger partial charge in [-0.15, -0.1) is 0 Å². The van der Waals surface area contributed by atoms with E-state index in [0.29, 0.717) is 13.1 Å². The summed E-state index contributed by atoms with van der Waals surface area (Å²) >= 11 is 0. The second-order valence-electron chi connectivity index (χ2n) is 5.49. The van der Waals surface area contributed by atoms with Gasteiger partial charge in [0, 0.05) is 13.1 Å². The number of carbonyl (C=O) groups excluding carboxylic acids is 2. The molecular weight excluding hydrogens is 234 g/mol. The number of ether oxygens (including phenoxy) is 1. The van der Waals surface area contributed by atoms with E-state index in [1.54, 1.807) is 20.8 Å². The molecule has 0 radical (unpaired) electrons. The monoisotopic (exact) mass is 259 g/mol. The molecule has 0 heterocycles. The Hall–Kier alpha value is -1.30. The van der Waals surface area contributed by atoms with Gasteiger partial charge < -0.3 is 21.1 Å². The third kappa shape index (κ3) is 7.89. The molecule has 0 saturated carbocycles. The highest BCUT2D eigenvalue weighted by Crippen LogP contribution is 2.05. The van der Waals surface area contributed by atoms with Gasteiger partial charge in [0.2, 0.25) is 5.91 Å². The predicted octanol–water partition coefficient (Wildman–Crippen LogP) is 0.611. The summed E-state index contributed by atoms with van der Waals surface area (Å²) in [7, 11) is 0. The first-order valence-corrected chi connectivity index (χ1v) is 6.13. The van der Waals surface area contributed by atoms with Crippen LogP contribution in [0, 0.1) is 5.92 Å². The van der Waals surface area contributed by atoms with E-state index in [9.17, 15) is 9.59 Å². The highest BCUT2D eigenvalue weighted by molar-refractivity contribution is 5.81. The van der Waals surface area contributed by atoms with E-state index >= 15 is 0 Å². The number of hydrogen-bond acceptors (Lipinski definition) is 4. The third-order valence-corrected chi connectivity index (χ3v) is 2.11. The SMILES string of the molecule is CC(C)[C@@H](N)C(=O)NCCNC(=O)OC(C)(C)C. The molecule has 4 N–H and O–H groups in total. The number of carbonyl (C=O) groups is 2. The zero-order chi connectivity index (χ0) is 14.3. The highest BCUT2D eigenvalue weighted by Gasteiger charge is 2.17. The molecule has 0 aliphatic rings. The van der Waals surface area contributed by atoms with Gasteiger partial charge in [0.05, 0.1) is 6.04 Å². The molecule has 0 aliphatic carbocycles. The lowest BCUT2D eigenvalue weighted by atomic mass is 10.1. The minimum atomic E-state index is -0.522. The van der Waals surface area contributed by atoms with E-state index in [4.69, 9.17) is 10.5 Å². The zero-order valence-corrected chi connectivity index (χ0v) is 11.9. The van der Waals surface area contributed by atoms with E-state index in [-0.39, 0.29) is 11.8 Å². The van der Waals surface area contributed by atoms with Crippen molar-refractivity contribution in [2.45, 2.75) is 46.3 Å². The molecule has 0 aromatic carbocycles. The van der Waals surface area contributed by atoms with E-state index < -0.39 is 17.7 Å². The number of rotatable bonds is 5. The molecule has 0 bridgehead atoms. The molecule has 0 saturated heterocycles. The number of nitrogens with two attached hydrogens (primary N) is 1. The van der Waals surface area contributed by atoms with Crippen molar-refractivity contribution >= 4 is 12.0 Å². The second-order valence-corrected chi connectivity index (χ2v) is 5.49.